The van der Waals surface area contributed by atoms with Crippen molar-refractivity contribution in [3.05, 3.63) is 58.3 Å². The number of likely N-dealkylation sites (tertiary alicyclic amines) is 1. The molecule has 1 aromatic carbocycles. The Morgan fingerprint density at radius 1 is 1.20 bits per heavy atom. The van der Waals surface area contributed by atoms with E-state index < -0.39 is 6.04 Å². The maximum absolute atomic E-state index is 13.3. The average Bonchev–Trinajstić information content (AvgIpc) is 3.27. The van der Waals surface area contributed by atoms with Crippen molar-refractivity contribution in [2.75, 3.05) is 19.7 Å². The number of carbonyl (C=O) groups excluding carboxylic acids is 1. The van der Waals surface area contributed by atoms with E-state index in [4.69, 9.17) is 0 Å². The van der Waals surface area contributed by atoms with Gasteiger partial charge in [-0.25, -0.2) is 4.39 Å². The molecule has 0 unspecified atom stereocenters. The number of fused-ring (bicyclic) bond motifs is 3. The number of aliphatic hydroxyl groups excluding tert-OH is 1. The number of benzene rings is 1. The van der Waals surface area contributed by atoms with E-state index >= 15 is 0 Å². The molecule has 2 N–H and O–H groups in total. The molecular weight excluding hydrogens is 385 g/mol. The monoisotopic (exact) mass is 413 g/mol. The molecule has 1 aromatic heterocycles. The number of hydrogen-bond donors (Lipinski definition) is 2. The van der Waals surface area contributed by atoms with Crippen molar-refractivity contribution >= 4 is 5.91 Å². The molecular formula is C23H28FN3O3. The lowest BCUT2D eigenvalue weighted by molar-refractivity contribution is -0.127. The first kappa shape index (κ1) is 20.8. The van der Waals surface area contributed by atoms with Crippen LogP contribution in [0.4, 0.5) is 4.39 Å². The number of hydrogen-bond acceptors (Lipinski definition) is 4. The number of rotatable bonds is 6. The van der Waals surface area contributed by atoms with Crippen molar-refractivity contribution in [3.8, 4) is 11.1 Å². The molecule has 2 aromatic rings. The molecule has 4 rings (SSSR count). The van der Waals surface area contributed by atoms with Crippen LogP contribution < -0.4 is 10.9 Å². The van der Waals surface area contributed by atoms with Gasteiger partial charge in [-0.3, -0.25) is 14.5 Å². The lowest BCUT2D eigenvalue weighted by Crippen LogP contribution is -2.48. The van der Waals surface area contributed by atoms with E-state index in [0.717, 1.165) is 12.1 Å². The molecule has 2 aliphatic heterocycles. The maximum atomic E-state index is 13.3. The molecule has 2 aliphatic rings. The molecule has 0 spiro atoms. The smallest absolute Gasteiger partial charge is 0.258 e. The standard InChI is InChI=1S/C23H28FN3O3/c1-3-11-25-22(29)21-18(13-28)17-12-27-19(20(17)26(21)4-2)10-9-16(23(27)30)14-5-7-15(24)8-6-14/h5-10,17-18,20-21,28H,3-4,11-13H2,1-2H3,(H,25,29)/t17-,18-,20+,21-/m0/s1. The molecule has 30 heavy (non-hydrogen) atoms. The molecule has 160 valence electrons. The van der Waals surface area contributed by atoms with Crippen LogP contribution in [0, 0.1) is 17.7 Å². The summed E-state index contributed by atoms with van der Waals surface area (Å²) < 4.78 is 15.0. The van der Waals surface area contributed by atoms with Crippen molar-refractivity contribution in [2.45, 2.75) is 38.9 Å². The van der Waals surface area contributed by atoms with Crippen LogP contribution in [0.5, 0.6) is 0 Å². The lowest BCUT2D eigenvalue weighted by Gasteiger charge is -2.29. The highest BCUT2D eigenvalue weighted by molar-refractivity contribution is 5.82. The number of carbonyl (C=O) groups is 1. The molecule has 0 aliphatic carbocycles. The quantitative estimate of drug-likeness (QED) is 0.761. The van der Waals surface area contributed by atoms with E-state index in [0.29, 0.717) is 30.8 Å². The fourth-order valence-electron chi connectivity index (χ4n) is 5.18. The highest BCUT2D eigenvalue weighted by Crippen LogP contribution is 2.49. The molecule has 0 saturated carbocycles. The second-order valence-corrected chi connectivity index (χ2v) is 8.12. The van der Waals surface area contributed by atoms with Crippen LogP contribution in [-0.2, 0) is 11.3 Å². The van der Waals surface area contributed by atoms with Gasteiger partial charge in [0.25, 0.3) is 5.56 Å². The third-order valence-corrected chi connectivity index (χ3v) is 6.53. The van der Waals surface area contributed by atoms with E-state index in [2.05, 4.69) is 10.2 Å². The van der Waals surface area contributed by atoms with Crippen molar-refractivity contribution < 1.29 is 14.3 Å². The average molecular weight is 413 g/mol. The summed E-state index contributed by atoms with van der Waals surface area (Å²) in [5.74, 6) is -0.640. The van der Waals surface area contributed by atoms with Gasteiger partial charge < -0.3 is 15.0 Å². The number of nitrogens with one attached hydrogen (secondary N) is 1. The summed E-state index contributed by atoms with van der Waals surface area (Å²) in [6.07, 6.45) is 0.853. The van der Waals surface area contributed by atoms with E-state index in [1.54, 1.807) is 22.8 Å². The van der Waals surface area contributed by atoms with Gasteiger partial charge in [0.2, 0.25) is 5.91 Å². The number of likely N-dealkylation sites (N-methyl/N-ethyl adjacent to an activating group) is 1. The molecule has 1 amide bonds. The Morgan fingerprint density at radius 2 is 1.93 bits per heavy atom. The minimum atomic E-state index is -0.401. The third kappa shape index (κ3) is 3.26. The minimum absolute atomic E-state index is 0.0107. The Morgan fingerprint density at radius 3 is 2.57 bits per heavy atom. The minimum Gasteiger partial charge on any atom is -0.396 e. The third-order valence-electron chi connectivity index (χ3n) is 6.53. The van der Waals surface area contributed by atoms with E-state index in [-0.39, 0.29) is 41.8 Å². The summed E-state index contributed by atoms with van der Waals surface area (Å²) in [7, 11) is 0. The largest absolute Gasteiger partial charge is 0.396 e. The van der Waals surface area contributed by atoms with Crippen molar-refractivity contribution in [2.24, 2.45) is 11.8 Å². The summed E-state index contributed by atoms with van der Waals surface area (Å²) >= 11 is 0. The van der Waals surface area contributed by atoms with Crippen LogP contribution in [-0.4, -0.2) is 46.2 Å². The summed E-state index contributed by atoms with van der Waals surface area (Å²) in [5, 5.41) is 13.1. The van der Waals surface area contributed by atoms with Gasteiger partial charge in [0.1, 0.15) is 5.82 Å². The molecule has 1 fully saturated rings. The van der Waals surface area contributed by atoms with Gasteiger partial charge in [0.15, 0.2) is 0 Å². The second kappa shape index (κ2) is 8.32. The van der Waals surface area contributed by atoms with Gasteiger partial charge in [-0.1, -0.05) is 26.0 Å². The number of pyridine rings is 1. The zero-order valence-corrected chi connectivity index (χ0v) is 17.3. The molecule has 6 nitrogen and oxygen atoms in total. The number of aromatic nitrogens is 1. The predicted octanol–water partition coefficient (Wildman–Crippen LogP) is 2.16. The predicted molar refractivity (Wildman–Crippen MR) is 112 cm³/mol. The molecule has 1 saturated heterocycles. The first-order chi connectivity index (χ1) is 14.5. The van der Waals surface area contributed by atoms with Crippen LogP contribution in [0.25, 0.3) is 11.1 Å². The van der Waals surface area contributed by atoms with Gasteiger partial charge in [0.05, 0.1) is 12.1 Å². The molecule has 3 heterocycles. The fourth-order valence-corrected chi connectivity index (χ4v) is 5.18. The van der Waals surface area contributed by atoms with Gasteiger partial charge in [-0.2, -0.15) is 0 Å². The van der Waals surface area contributed by atoms with Crippen molar-refractivity contribution in [1.29, 1.82) is 0 Å². The zero-order chi connectivity index (χ0) is 21.4. The fraction of sp³-hybridized carbons (Fsp3) is 0.478. The Kier molecular flexibility index (Phi) is 5.75. The van der Waals surface area contributed by atoms with Gasteiger partial charge in [-0.15, -0.1) is 0 Å². The van der Waals surface area contributed by atoms with Crippen LogP contribution in [0.1, 0.15) is 32.0 Å². The van der Waals surface area contributed by atoms with E-state index in [1.807, 2.05) is 19.9 Å². The van der Waals surface area contributed by atoms with E-state index in [1.165, 1.54) is 12.1 Å². The Labute approximate surface area is 175 Å². The van der Waals surface area contributed by atoms with Gasteiger partial charge in [-0.05, 0) is 42.8 Å². The topological polar surface area (TPSA) is 74.6 Å². The lowest BCUT2D eigenvalue weighted by atomic mass is 9.88. The number of amides is 1. The highest BCUT2D eigenvalue weighted by Gasteiger charge is 2.54. The SMILES string of the molecule is CCCNC(=O)[C@@H]1[C@@H](CO)[C@@H]2Cn3c(ccc(-c4ccc(F)cc4)c3=O)[C@@H]2N1CC. The van der Waals surface area contributed by atoms with Crippen LogP contribution in [0.2, 0.25) is 0 Å². The van der Waals surface area contributed by atoms with E-state index in [9.17, 15) is 19.1 Å². The number of nitrogens with zero attached hydrogens (tertiary/aromatic N) is 2. The van der Waals surface area contributed by atoms with Gasteiger partial charge in [0, 0.05) is 42.8 Å². The number of aliphatic hydroxyl groups is 1. The first-order valence-electron chi connectivity index (χ1n) is 10.7. The van der Waals surface area contributed by atoms with Crippen molar-refractivity contribution in [3.63, 3.8) is 0 Å². The Hall–Kier alpha value is -2.51. The van der Waals surface area contributed by atoms with Crippen LogP contribution in [0.3, 0.4) is 0 Å². The maximum Gasteiger partial charge on any atom is 0.258 e. The highest BCUT2D eigenvalue weighted by atomic mass is 19.1. The molecule has 4 atom stereocenters. The summed E-state index contributed by atoms with van der Waals surface area (Å²) in [6.45, 7) is 5.63. The Bertz CT molecular complexity index is 988. The second-order valence-electron chi connectivity index (χ2n) is 8.12. The summed E-state index contributed by atoms with van der Waals surface area (Å²) in [4.78, 5) is 28.2. The summed E-state index contributed by atoms with van der Waals surface area (Å²) in [5.41, 5.74) is 1.96. The normalized spacial score (nSPS) is 25.2. The zero-order valence-electron chi connectivity index (χ0n) is 17.3. The molecule has 7 heteroatoms. The Balaban J connectivity index is 1.72. The van der Waals surface area contributed by atoms with Crippen LogP contribution in [0.15, 0.2) is 41.2 Å². The first-order valence-corrected chi connectivity index (χ1v) is 10.7. The van der Waals surface area contributed by atoms with Gasteiger partial charge >= 0.3 is 0 Å². The number of halogens is 1. The van der Waals surface area contributed by atoms with Crippen molar-refractivity contribution in [1.82, 2.24) is 14.8 Å². The van der Waals surface area contributed by atoms with Crippen LogP contribution >= 0.6 is 0 Å². The molecule has 0 radical (unpaired) electrons. The summed E-state index contributed by atoms with van der Waals surface area (Å²) in [6, 6.07) is 9.16. The molecule has 0 bridgehead atoms.